The summed E-state index contributed by atoms with van der Waals surface area (Å²) in [7, 11) is 1.30. The molecule has 1 aromatic carbocycles. The maximum atomic E-state index is 11.1. The van der Waals surface area contributed by atoms with Gasteiger partial charge in [-0.05, 0) is 24.1 Å². The number of halogens is 1. The molecule has 1 atom stereocenters. The van der Waals surface area contributed by atoms with E-state index in [-0.39, 0.29) is 0 Å². The lowest BCUT2D eigenvalue weighted by Gasteiger charge is -2.10. The Balaban J connectivity index is 2.96. The van der Waals surface area contributed by atoms with Crippen molar-refractivity contribution < 1.29 is 9.53 Å². The second-order valence-corrected chi connectivity index (χ2v) is 3.42. The summed E-state index contributed by atoms with van der Waals surface area (Å²) in [5, 5.41) is 0.599. The molecule has 2 N–H and O–H groups in total. The van der Waals surface area contributed by atoms with Crippen LogP contribution in [0, 0.1) is 6.92 Å². The number of nitrogens with two attached hydrogens (primary N) is 1. The Morgan fingerprint density at radius 1 is 1.57 bits per heavy atom. The normalized spacial score (nSPS) is 12.3. The van der Waals surface area contributed by atoms with E-state index in [1.807, 2.05) is 13.0 Å². The van der Waals surface area contributed by atoms with Gasteiger partial charge in [-0.1, -0.05) is 23.7 Å². The molecule has 14 heavy (non-hydrogen) atoms. The molecule has 0 aliphatic carbocycles. The van der Waals surface area contributed by atoms with Crippen molar-refractivity contribution in [3.05, 3.63) is 34.3 Å². The molecule has 0 heterocycles. The van der Waals surface area contributed by atoms with E-state index in [1.165, 1.54) is 7.11 Å². The molecule has 3 nitrogen and oxygen atoms in total. The van der Waals surface area contributed by atoms with Gasteiger partial charge < -0.3 is 10.5 Å². The first-order valence-corrected chi connectivity index (χ1v) is 4.53. The quantitative estimate of drug-likeness (QED) is 0.763. The van der Waals surface area contributed by atoms with E-state index in [0.29, 0.717) is 10.6 Å². The summed E-state index contributed by atoms with van der Waals surface area (Å²) >= 11 is 5.90. The number of hydrogen-bond acceptors (Lipinski definition) is 3. The number of hydrogen-bond donors (Lipinski definition) is 1. The molecule has 1 unspecified atom stereocenters. The molecule has 0 bridgehead atoms. The average molecular weight is 214 g/mol. The maximum Gasteiger partial charge on any atom is 0.327 e. The van der Waals surface area contributed by atoms with Crippen LogP contribution in [0.2, 0.25) is 5.02 Å². The fraction of sp³-hybridized carbons (Fsp3) is 0.300. The van der Waals surface area contributed by atoms with Crippen LogP contribution in [0.25, 0.3) is 0 Å². The number of carbonyl (C=O) groups is 1. The number of ether oxygens (including phenoxy) is 1. The third-order valence-electron chi connectivity index (χ3n) is 2.01. The number of benzene rings is 1. The minimum Gasteiger partial charge on any atom is -0.468 e. The molecular weight excluding hydrogens is 202 g/mol. The van der Waals surface area contributed by atoms with Crippen LogP contribution >= 0.6 is 11.6 Å². The molecule has 0 aliphatic rings. The van der Waals surface area contributed by atoms with E-state index in [1.54, 1.807) is 12.1 Å². The molecule has 0 aromatic heterocycles. The minimum atomic E-state index is -0.766. The van der Waals surface area contributed by atoms with Crippen LogP contribution in [0.5, 0.6) is 0 Å². The van der Waals surface area contributed by atoms with Crippen molar-refractivity contribution in [2.75, 3.05) is 7.11 Å². The second-order valence-electron chi connectivity index (χ2n) is 3.01. The molecule has 0 amide bonds. The van der Waals surface area contributed by atoms with Gasteiger partial charge in [0.05, 0.1) is 7.11 Å². The SMILES string of the molecule is COC(=O)C(N)c1ccc(C)c(Cl)c1. The lowest BCUT2D eigenvalue weighted by molar-refractivity contribution is -0.142. The Kier molecular flexibility index (Phi) is 3.49. The fourth-order valence-electron chi connectivity index (χ4n) is 1.07. The zero-order valence-electron chi connectivity index (χ0n) is 8.08. The smallest absolute Gasteiger partial charge is 0.327 e. The topological polar surface area (TPSA) is 52.3 Å². The lowest BCUT2D eigenvalue weighted by atomic mass is 10.1. The van der Waals surface area contributed by atoms with Crippen molar-refractivity contribution in [1.29, 1.82) is 0 Å². The number of rotatable bonds is 2. The van der Waals surface area contributed by atoms with Crippen LogP contribution in [0.1, 0.15) is 17.2 Å². The molecule has 1 aromatic rings. The highest BCUT2D eigenvalue weighted by atomic mass is 35.5. The molecule has 0 fully saturated rings. The molecule has 0 saturated carbocycles. The Bertz CT molecular complexity index is 352. The van der Waals surface area contributed by atoms with Crippen molar-refractivity contribution >= 4 is 17.6 Å². The van der Waals surface area contributed by atoms with Crippen LogP contribution < -0.4 is 5.73 Å². The molecule has 0 saturated heterocycles. The molecular formula is C10H12ClNO2. The maximum absolute atomic E-state index is 11.1. The van der Waals surface area contributed by atoms with Gasteiger partial charge in [0.15, 0.2) is 0 Å². The third-order valence-corrected chi connectivity index (χ3v) is 2.42. The van der Waals surface area contributed by atoms with Crippen molar-refractivity contribution in [2.45, 2.75) is 13.0 Å². The molecule has 0 aliphatic heterocycles. The van der Waals surface area contributed by atoms with Crippen molar-refractivity contribution in [3.8, 4) is 0 Å². The lowest BCUT2D eigenvalue weighted by Crippen LogP contribution is -2.22. The number of carbonyl (C=O) groups excluding carboxylic acids is 1. The first kappa shape index (κ1) is 11.0. The van der Waals surface area contributed by atoms with Crippen LogP contribution in [0.4, 0.5) is 0 Å². The summed E-state index contributed by atoms with van der Waals surface area (Å²) in [4.78, 5) is 11.1. The van der Waals surface area contributed by atoms with Gasteiger partial charge >= 0.3 is 5.97 Å². The molecule has 76 valence electrons. The summed E-state index contributed by atoms with van der Waals surface area (Å²) in [5.41, 5.74) is 7.25. The number of esters is 1. The molecule has 1 rings (SSSR count). The zero-order valence-corrected chi connectivity index (χ0v) is 8.84. The van der Waals surface area contributed by atoms with Gasteiger partial charge in [0.1, 0.15) is 6.04 Å². The highest BCUT2D eigenvalue weighted by Gasteiger charge is 2.16. The van der Waals surface area contributed by atoms with E-state index >= 15 is 0 Å². The van der Waals surface area contributed by atoms with Gasteiger partial charge in [-0.2, -0.15) is 0 Å². The zero-order chi connectivity index (χ0) is 10.7. The monoisotopic (exact) mass is 213 g/mol. The van der Waals surface area contributed by atoms with E-state index in [0.717, 1.165) is 5.56 Å². The highest BCUT2D eigenvalue weighted by Crippen LogP contribution is 2.20. The summed E-state index contributed by atoms with van der Waals surface area (Å²) in [5.74, 6) is -0.468. The summed E-state index contributed by atoms with van der Waals surface area (Å²) < 4.78 is 4.53. The van der Waals surface area contributed by atoms with Gasteiger partial charge in [0.2, 0.25) is 0 Å². The first-order chi connectivity index (χ1) is 6.56. The van der Waals surface area contributed by atoms with Crippen LogP contribution in [-0.2, 0) is 9.53 Å². The van der Waals surface area contributed by atoms with Gasteiger partial charge in [-0.25, -0.2) is 0 Å². The van der Waals surface area contributed by atoms with Crippen LogP contribution in [0.3, 0.4) is 0 Å². The Morgan fingerprint density at radius 2 is 2.21 bits per heavy atom. The van der Waals surface area contributed by atoms with Gasteiger partial charge in [0, 0.05) is 5.02 Å². The first-order valence-electron chi connectivity index (χ1n) is 4.15. The standard InChI is InChI=1S/C10H12ClNO2/c1-6-3-4-7(5-8(6)11)9(12)10(13)14-2/h3-5,9H,12H2,1-2H3. The Labute approximate surface area is 87.8 Å². The van der Waals surface area contributed by atoms with Gasteiger partial charge in [-0.3, -0.25) is 4.79 Å². The fourth-order valence-corrected chi connectivity index (χ4v) is 1.25. The predicted octanol–water partition coefficient (Wildman–Crippen LogP) is 1.82. The molecule has 0 radical (unpaired) electrons. The van der Waals surface area contributed by atoms with Gasteiger partial charge in [0.25, 0.3) is 0 Å². The van der Waals surface area contributed by atoms with Crippen molar-refractivity contribution in [3.63, 3.8) is 0 Å². The average Bonchev–Trinajstić information content (AvgIpc) is 2.20. The summed E-state index contributed by atoms with van der Waals surface area (Å²) in [6, 6.07) is 4.50. The minimum absolute atomic E-state index is 0.468. The number of aryl methyl sites for hydroxylation is 1. The third kappa shape index (κ3) is 2.25. The van der Waals surface area contributed by atoms with E-state index in [2.05, 4.69) is 4.74 Å². The van der Waals surface area contributed by atoms with E-state index in [9.17, 15) is 4.79 Å². The van der Waals surface area contributed by atoms with Crippen LogP contribution in [0.15, 0.2) is 18.2 Å². The predicted molar refractivity (Wildman–Crippen MR) is 55.1 cm³/mol. The molecule has 0 spiro atoms. The van der Waals surface area contributed by atoms with Crippen molar-refractivity contribution in [2.24, 2.45) is 5.73 Å². The summed E-state index contributed by atoms with van der Waals surface area (Å²) in [6.07, 6.45) is 0. The number of methoxy groups -OCH3 is 1. The summed E-state index contributed by atoms with van der Waals surface area (Å²) in [6.45, 7) is 1.88. The van der Waals surface area contributed by atoms with E-state index in [4.69, 9.17) is 17.3 Å². The molecule has 4 heteroatoms. The van der Waals surface area contributed by atoms with Gasteiger partial charge in [-0.15, -0.1) is 0 Å². The Morgan fingerprint density at radius 3 is 2.71 bits per heavy atom. The largest absolute Gasteiger partial charge is 0.468 e. The van der Waals surface area contributed by atoms with E-state index < -0.39 is 12.0 Å². The Hall–Kier alpha value is -1.06. The second kappa shape index (κ2) is 4.44. The van der Waals surface area contributed by atoms with Crippen LogP contribution in [-0.4, -0.2) is 13.1 Å². The highest BCUT2D eigenvalue weighted by molar-refractivity contribution is 6.31. The van der Waals surface area contributed by atoms with Crippen molar-refractivity contribution in [1.82, 2.24) is 0 Å².